The molecule has 1 amide bonds. The van der Waals surface area contributed by atoms with Gasteiger partial charge in [0.15, 0.2) is 0 Å². The number of ether oxygens (including phenoxy) is 1. The number of hydrogen-bond acceptors (Lipinski definition) is 3. The van der Waals surface area contributed by atoms with Gasteiger partial charge in [0, 0.05) is 6.42 Å². The molecule has 0 aromatic heterocycles. The molecule has 2 aromatic rings. The van der Waals surface area contributed by atoms with Gasteiger partial charge in [0.2, 0.25) is 5.91 Å². The third kappa shape index (κ3) is 6.98. The molecule has 4 nitrogen and oxygen atoms in total. The first-order valence-electron chi connectivity index (χ1n) is 11.3. The van der Waals surface area contributed by atoms with Crippen molar-refractivity contribution in [2.45, 2.75) is 56.6 Å². The summed E-state index contributed by atoms with van der Waals surface area (Å²) < 4.78 is 85.5. The lowest BCUT2D eigenvalue weighted by Gasteiger charge is -2.42. The second kappa shape index (κ2) is 10.6. The summed E-state index contributed by atoms with van der Waals surface area (Å²) in [4.78, 5) is 11.1. The number of benzene rings is 2. The number of alkyl halides is 6. The molecule has 1 heterocycles. The quantitative estimate of drug-likeness (QED) is 0.438. The molecular weight excluding hydrogens is 474 g/mol. The van der Waals surface area contributed by atoms with Gasteiger partial charge in [-0.25, -0.2) is 0 Å². The van der Waals surface area contributed by atoms with E-state index in [1.165, 1.54) is 6.92 Å². The molecule has 1 aliphatic rings. The molecule has 1 aliphatic heterocycles. The van der Waals surface area contributed by atoms with E-state index in [0.29, 0.717) is 31.5 Å². The molecular formula is C25H28F6N2O2. The molecule has 3 rings (SSSR count). The fraction of sp³-hybridized carbons (Fsp3) is 0.480. The number of carbonyl (C=O) groups is 1. The summed E-state index contributed by atoms with van der Waals surface area (Å²) in [5.74, 6) is -0.157. The van der Waals surface area contributed by atoms with Crippen LogP contribution < -0.4 is 11.1 Å². The van der Waals surface area contributed by atoms with Gasteiger partial charge in [-0.3, -0.25) is 4.79 Å². The van der Waals surface area contributed by atoms with E-state index in [0.717, 1.165) is 12.0 Å². The molecule has 3 atom stereocenters. The molecule has 1 unspecified atom stereocenters. The van der Waals surface area contributed by atoms with Gasteiger partial charge in [0.1, 0.15) is 0 Å². The van der Waals surface area contributed by atoms with Crippen molar-refractivity contribution in [3.05, 3.63) is 70.8 Å². The van der Waals surface area contributed by atoms with Crippen molar-refractivity contribution in [2.24, 2.45) is 11.7 Å². The van der Waals surface area contributed by atoms with Gasteiger partial charge in [-0.2, -0.15) is 26.3 Å². The Labute approximate surface area is 199 Å². The summed E-state index contributed by atoms with van der Waals surface area (Å²) in [7, 11) is 0. The maximum atomic E-state index is 13.3. The number of piperidine rings is 1. The normalized spacial score (nSPS) is 22.1. The fourth-order valence-electron chi connectivity index (χ4n) is 4.36. The first kappa shape index (κ1) is 27.0. The van der Waals surface area contributed by atoms with E-state index < -0.39 is 35.1 Å². The molecule has 0 spiro atoms. The average Bonchev–Trinajstić information content (AvgIpc) is 2.81. The lowest BCUT2D eigenvalue weighted by Crippen LogP contribution is -2.52. The van der Waals surface area contributed by atoms with E-state index in [2.05, 4.69) is 5.32 Å². The Morgan fingerprint density at radius 1 is 1.09 bits per heavy atom. The third-order valence-electron chi connectivity index (χ3n) is 6.49. The molecule has 10 heteroatoms. The van der Waals surface area contributed by atoms with Gasteiger partial charge in [-0.15, -0.1) is 0 Å². The van der Waals surface area contributed by atoms with Crippen LogP contribution in [0.15, 0.2) is 48.5 Å². The summed E-state index contributed by atoms with van der Waals surface area (Å²) >= 11 is 0. The van der Waals surface area contributed by atoms with Gasteiger partial charge in [-0.05, 0) is 68.0 Å². The van der Waals surface area contributed by atoms with E-state index in [1.54, 1.807) is 0 Å². The van der Waals surface area contributed by atoms with E-state index in [-0.39, 0.29) is 36.5 Å². The van der Waals surface area contributed by atoms with Crippen LogP contribution in [0, 0.1) is 5.92 Å². The molecule has 0 saturated carbocycles. The molecule has 0 radical (unpaired) electrons. The van der Waals surface area contributed by atoms with Crippen LogP contribution in [0.2, 0.25) is 0 Å². The molecule has 0 aliphatic carbocycles. The van der Waals surface area contributed by atoms with Crippen molar-refractivity contribution in [1.82, 2.24) is 5.32 Å². The number of rotatable bonds is 8. The van der Waals surface area contributed by atoms with E-state index in [9.17, 15) is 31.1 Å². The molecule has 192 valence electrons. The first-order valence-corrected chi connectivity index (χ1v) is 11.3. The van der Waals surface area contributed by atoms with Crippen LogP contribution in [0.1, 0.15) is 61.0 Å². The number of halogens is 6. The number of amides is 1. The second-order valence-corrected chi connectivity index (χ2v) is 9.03. The third-order valence-corrected chi connectivity index (χ3v) is 6.49. The molecule has 35 heavy (non-hydrogen) atoms. The molecule has 3 N–H and O–H groups in total. The van der Waals surface area contributed by atoms with Crippen LogP contribution in [0.3, 0.4) is 0 Å². The zero-order chi connectivity index (χ0) is 25.9. The number of nitrogens with two attached hydrogens (primary N) is 1. The first-order chi connectivity index (χ1) is 16.3. The standard InChI is InChI=1S/C25H28F6N2O2/c1-16(18-11-20(24(26,27)28)13-21(12-18)25(29,30)31)35-15-23(19-5-3-2-4-6-19)10-9-17(14-33-23)7-8-22(32)34/h2-6,11-13,16-17,33H,7-10,14-15H2,1H3,(H2,32,34)/t16-,17?,23+/m0/s1. The van der Waals surface area contributed by atoms with Gasteiger partial charge in [0.25, 0.3) is 0 Å². The van der Waals surface area contributed by atoms with Crippen LogP contribution in [0.5, 0.6) is 0 Å². The van der Waals surface area contributed by atoms with Crippen LogP contribution in [-0.4, -0.2) is 19.1 Å². The minimum Gasteiger partial charge on any atom is -0.372 e. The van der Waals surface area contributed by atoms with Crippen LogP contribution in [0.4, 0.5) is 26.3 Å². The molecule has 2 aromatic carbocycles. The summed E-state index contributed by atoms with van der Waals surface area (Å²) in [5, 5.41) is 3.46. The smallest absolute Gasteiger partial charge is 0.372 e. The molecule has 1 fully saturated rings. The topological polar surface area (TPSA) is 64.3 Å². The van der Waals surface area contributed by atoms with Crippen molar-refractivity contribution in [2.75, 3.05) is 13.2 Å². The summed E-state index contributed by atoms with van der Waals surface area (Å²) in [6, 6.07) is 10.9. The highest BCUT2D eigenvalue weighted by molar-refractivity contribution is 5.73. The van der Waals surface area contributed by atoms with Gasteiger partial charge in [0.05, 0.1) is 29.4 Å². The van der Waals surface area contributed by atoms with Gasteiger partial charge >= 0.3 is 12.4 Å². The Hall–Kier alpha value is -2.59. The Morgan fingerprint density at radius 3 is 2.17 bits per heavy atom. The maximum absolute atomic E-state index is 13.3. The highest BCUT2D eigenvalue weighted by Crippen LogP contribution is 2.39. The number of hydrogen-bond donors (Lipinski definition) is 2. The highest BCUT2D eigenvalue weighted by Gasteiger charge is 2.39. The predicted molar refractivity (Wildman–Crippen MR) is 118 cm³/mol. The van der Waals surface area contributed by atoms with E-state index in [1.807, 2.05) is 30.3 Å². The Morgan fingerprint density at radius 2 is 1.69 bits per heavy atom. The number of nitrogens with one attached hydrogen (secondary N) is 1. The average molecular weight is 502 g/mol. The van der Waals surface area contributed by atoms with Crippen molar-refractivity contribution in [3.8, 4) is 0 Å². The Balaban J connectivity index is 1.81. The lowest BCUT2D eigenvalue weighted by molar-refractivity contribution is -0.143. The maximum Gasteiger partial charge on any atom is 0.416 e. The van der Waals surface area contributed by atoms with Crippen molar-refractivity contribution < 1.29 is 35.9 Å². The fourth-order valence-corrected chi connectivity index (χ4v) is 4.36. The number of carbonyl (C=O) groups excluding carboxylic acids is 1. The van der Waals surface area contributed by atoms with Crippen LogP contribution in [0.25, 0.3) is 0 Å². The molecule has 0 bridgehead atoms. The van der Waals surface area contributed by atoms with E-state index in [4.69, 9.17) is 10.5 Å². The minimum atomic E-state index is -4.92. The summed E-state index contributed by atoms with van der Waals surface area (Å²) in [5.41, 5.74) is 2.53. The van der Waals surface area contributed by atoms with Gasteiger partial charge in [-0.1, -0.05) is 30.3 Å². The summed E-state index contributed by atoms with van der Waals surface area (Å²) in [6.45, 7) is 2.05. The zero-order valence-corrected chi connectivity index (χ0v) is 19.2. The zero-order valence-electron chi connectivity index (χ0n) is 19.2. The Bertz CT molecular complexity index is 967. The van der Waals surface area contributed by atoms with Gasteiger partial charge < -0.3 is 15.8 Å². The SMILES string of the molecule is C[C@H](OC[C@@]1(c2ccccc2)CCC(CCC(N)=O)CN1)c1cc(C(F)(F)F)cc(C(F)(F)F)c1. The van der Waals surface area contributed by atoms with Crippen molar-refractivity contribution in [3.63, 3.8) is 0 Å². The van der Waals surface area contributed by atoms with E-state index >= 15 is 0 Å². The van der Waals surface area contributed by atoms with Crippen LogP contribution >= 0.6 is 0 Å². The van der Waals surface area contributed by atoms with Crippen LogP contribution in [-0.2, 0) is 27.4 Å². The largest absolute Gasteiger partial charge is 0.416 e. The minimum absolute atomic E-state index is 0.0400. The Kier molecular flexibility index (Phi) is 8.16. The predicted octanol–water partition coefficient (Wildman–Crippen LogP) is 5.96. The van der Waals surface area contributed by atoms with Crippen molar-refractivity contribution >= 4 is 5.91 Å². The number of primary amides is 1. The second-order valence-electron chi connectivity index (χ2n) is 9.03. The summed E-state index contributed by atoms with van der Waals surface area (Å²) in [6.07, 6.45) is -8.59. The monoisotopic (exact) mass is 502 g/mol. The van der Waals surface area contributed by atoms with Crippen molar-refractivity contribution in [1.29, 1.82) is 0 Å². The lowest BCUT2D eigenvalue weighted by atomic mass is 9.78. The molecule has 1 saturated heterocycles. The highest BCUT2D eigenvalue weighted by atomic mass is 19.4.